The average Bonchev–Trinajstić information content (AvgIpc) is 2.06. The molecule has 0 fully saturated rings. The van der Waals surface area contributed by atoms with Crippen molar-refractivity contribution in [1.82, 2.24) is 4.90 Å². The highest BCUT2D eigenvalue weighted by Gasteiger charge is 2.13. The van der Waals surface area contributed by atoms with Crippen molar-refractivity contribution in [2.24, 2.45) is 0 Å². The molecule has 0 atom stereocenters. The molecule has 0 heterocycles. The predicted octanol–water partition coefficient (Wildman–Crippen LogP) is 2.59. The number of ether oxygens (including phenoxy) is 1. The van der Waals surface area contributed by atoms with Crippen molar-refractivity contribution in [2.45, 2.75) is 20.8 Å². The number of hydrogen-bond acceptors (Lipinski definition) is 2. The van der Waals surface area contributed by atoms with Gasteiger partial charge in [0.15, 0.2) is 5.76 Å². The van der Waals surface area contributed by atoms with Crippen molar-refractivity contribution in [3.63, 3.8) is 0 Å². The lowest BCUT2D eigenvalue weighted by Crippen LogP contribution is -2.30. The van der Waals surface area contributed by atoms with E-state index >= 15 is 0 Å². The molecule has 0 unspecified atom stereocenters. The normalized spacial score (nSPS) is 9.31. The first kappa shape index (κ1) is 11.9. The lowest BCUT2D eigenvalue weighted by Gasteiger charge is -2.17. The second-order valence-corrected chi connectivity index (χ2v) is 2.36. The summed E-state index contributed by atoms with van der Waals surface area (Å²) in [6.45, 7) is 5.43. The van der Waals surface area contributed by atoms with Gasteiger partial charge in [0.2, 0.25) is 0 Å². The van der Waals surface area contributed by atoms with Crippen LogP contribution >= 0.6 is 0 Å². The Labute approximate surface area is 76.0 Å². The number of halogens is 2. The predicted molar refractivity (Wildman–Crippen MR) is 44.3 cm³/mol. The first-order valence-corrected chi connectivity index (χ1v) is 4.01. The number of amides is 1. The van der Waals surface area contributed by atoms with E-state index in [2.05, 4.69) is 4.74 Å². The third-order valence-corrected chi connectivity index (χ3v) is 1.53. The topological polar surface area (TPSA) is 29.5 Å². The molecule has 0 saturated heterocycles. The van der Waals surface area contributed by atoms with Gasteiger partial charge in [0.25, 0.3) is 0 Å². The molecule has 0 N–H and O–H groups in total. The van der Waals surface area contributed by atoms with E-state index in [1.807, 2.05) is 0 Å². The van der Waals surface area contributed by atoms with E-state index in [1.165, 1.54) is 4.90 Å². The Balaban J connectivity index is 4.22. The van der Waals surface area contributed by atoms with Gasteiger partial charge >= 0.3 is 12.2 Å². The highest BCUT2D eigenvalue weighted by atomic mass is 19.3. The summed E-state index contributed by atoms with van der Waals surface area (Å²) in [4.78, 5) is 12.4. The SMILES string of the molecule is CCN(CC)C(=O)OC(C)=C(F)F. The molecule has 0 bridgehead atoms. The van der Waals surface area contributed by atoms with Crippen LogP contribution in [0.1, 0.15) is 20.8 Å². The van der Waals surface area contributed by atoms with Crippen LogP contribution in [0.2, 0.25) is 0 Å². The minimum absolute atomic E-state index is 0.441. The Morgan fingerprint density at radius 3 is 2.08 bits per heavy atom. The van der Waals surface area contributed by atoms with Crippen LogP contribution in [-0.2, 0) is 4.74 Å². The van der Waals surface area contributed by atoms with Gasteiger partial charge in [0, 0.05) is 13.1 Å². The highest BCUT2D eigenvalue weighted by Crippen LogP contribution is 2.09. The molecule has 0 aromatic heterocycles. The van der Waals surface area contributed by atoms with Gasteiger partial charge in [-0.15, -0.1) is 0 Å². The van der Waals surface area contributed by atoms with Gasteiger partial charge in [-0.3, -0.25) is 0 Å². The largest absolute Gasteiger partial charge is 0.415 e. The highest BCUT2D eigenvalue weighted by molar-refractivity contribution is 5.68. The lowest BCUT2D eigenvalue weighted by molar-refractivity contribution is 0.127. The molecular weight excluding hydrogens is 180 g/mol. The van der Waals surface area contributed by atoms with Crippen molar-refractivity contribution < 1.29 is 18.3 Å². The van der Waals surface area contributed by atoms with Crippen LogP contribution in [0.15, 0.2) is 11.8 Å². The van der Waals surface area contributed by atoms with Crippen LogP contribution < -0.4 is 0 Å². The molecular formula is C8H13F2NO2. The van der Waals surface area contributed by atoms with Crippen molar-refractivity contribution in [2.75, 3.05) is 13.1 Å². The Hall–Kier alpha value is -1.13. The zero-order chi connectivity index (χ0) is 10.4. The maximum atomic E-state index is 11.8. The summed E-state index contributed by atoms with van der Waals surface area (Å²) in [5.41, 5.74) is 0. The van der Waals surface area contributed by atoms with Crippen LogP contribution in [0.5, 0.6) is 0 Å². The number of nitrogens with zero attached hydrogens (tertiary/aromatic N) is 1. The van der Waals surface area contributed by atoms with Crippen LogP contribution in [0.3, 0.4) is 0 Å². The van der Waals surface area contributed by atoms with E-state index in [9.17, 15) is 13.6 Å². The lowest BCUT2D eigenvalue weighted by atomic mass is 10.5. The van der Waals surface area contributed by atoms with E-state index in [1.54, 1.807) is 13.8 Å². The first-order chi connectivity index (χ1) is 6.02. The second kappa shape index (κ2) is 5.50. The molecule has 13 heavy (non-hydrogen) atoms. The number of rotatable bonds is 3. The number of allylic oxidation sites excluding steroid dienone is 1. The molecule has 5 heteroatoms. The summed E-state index contributed by atoms with van der Waals surface area (Å²) < 4.78 is 28.1. The molecule has 0 aromatic rings. The van der Waals surface area contributed by atoms with Gasteiger partial charge in [-0.05, 0) is 20.8 Å². The molecule has 0 aromatic carbocycles. The quantitative estimate of drug-likeness (QED) is 0.645. The fraction of sp³-hybridized carbons (Fsp3) is 0.625. The zero-order valence-electron chi connectivity index (χ0n) is 7.93. The first-order valence-electron chi connectivity index (χ1n) is 4.01. The molecule has 0 aliphatic carbocycles. The van der Waals surface area contributed by atoms with E-state index < -0.39 is 17.9 Å². The van der Waals surface area contributed by atoms with Crippen LogP contribution in [0.25, 0.3) is 0 Å². The molecule has 0 rings (SSSR count). The van der Waals surface area contributed by atoms with Gasteiger partial charge in [0.1, 0.15) is 0 Å². The average molecular weight is 193 g/mol. The molecule has 76 valence electrons. The minimum atomic E-state index is -1.97. The molecule has 0 spiro atoms. The Morgan fingerprint density at radius 2 is 1.77 bits per heavy atom. The summed E-state index contributed by atoms with van der Waals surface area (Å²) in [6, 6.07) is 0. The van der Waals surface area contributed by atoms with Gasteiger partial charge in [0.05, 0.1) is 0 Å². The van der Waals surface area contributed by atoms with Crippen molar-refractivity contribution >= 4 is 6.09 Å². The maximum Gasteiger partial charge on any atom is 0.415 e. The van der Waals surface area contributed by atoms with E-state index in [4.69, 9.17) is 0 Å². The zero-order valence-corrected chi connectivity index (χ0v) is 7.93. The Kier molecular flexibility index (Phi) is 5.03. The van der Waals surface area contributed by atoms with Crippen molar-refractivity contribution in [3.8, 4) is 0 Å². The second-order valence-electron chi connectivity index (χ2n) is 2.36. The van der Waals surface area contributed by atoms with Gasteiger partial charge < -0.3 is 9.64 Å². The van der Waals surface area contributed by atoms with Gasteiger partial charge in [-0.25, -0.2) is 4.79 Å². The molecule has 0 saturated carbocycles. The molecule has 0 aliphatic heterocycles. The minimum Gasteiger partial charge on any atom is -0.409 e. The fourth-order valence-corrected chi connectivity index (χ4v) is 0.716. The summed E-state index contributed by atoms with van der Waals surface area (Å²) in [6.07, 6.45) is -2.71. The summed E-state index contributed by atoms with van der Waals surface area (Å²) >= 11 is 0. The monoisotopic (exact) mass is 193 g/mol. The van der Waals surface area contributed by atoms with E-state index in [0.717, 1.165) is 6.92 Å². The summed E-state index contributed by atoms with van der Waals surface area (Å²) in [5, 5.41) is 0. The number of hydrogen-bond donors (Lipinski definition) is 0. The maximum absolute atomic E-state index is 11.8. The molecule has 3 nitrogen and oxygen atoms in total. The standard InChI is InChI=1S/C8H13F2NO2/c1-4-11(5-2)8(12)13-6(3)7(9)10/h4-5H2,1-3H3. The number of carbonyl (C=O) groups excluding carboxylic acids is 1. The van der Waals surface area contributed by atoms with Crippen LogP contribution in [0.4, 0.5) is 13.6 Å². The van der Waals surface area contributed by atoms with Crippen LogP contribution in [-0.4, -0.2) is 24.1 Å². The van der Waals surface area contributed by atoms with E-state index in [0.29, 0.717) is 13.1 Å². The smallest absolute Gasteiger partial charge is 0.409 e. The fourth-order valence-electron chi connectivity index (χ4n) is 0.716. The third kappa shape index (κ3) is 3.87. The summed E-state index contributed by atoms with van der Waals surface area (Å²) in [7, 11) is 0. The third-order valence-electron chi connectivity index (χ3n) is 1.53. The Morgan fingerprint density at radius 1 is 1.31 bits per heavy atom. The molecule has 0 radical (unpaired) electrons. The van der Waals surface area contributed by atoms with Crippen LogP contribution in [0, 0.1) is 0 Å². The summed E-state index contributed by atoms with van der Waals surface area (Å²) in [5.74, 6) is -0.642. The molecule has 0 aliphatic rings. The van der Waals surface area contributed by atoms with Crippen molar-refractivity contribution in [3.05, 3.63) is 11.8 Å². The van der Waals surface area contributed by atoms with Crippen molar-refractivity contribution in [1.29, 1.82) is 0 Å². The number of carbonyl (C=O) groups is 1. The Bertz CT molecular complexity index is 208. The van der Waals surface area contributed by atoms with Gasteiger partial charge in [-0.2, -0.15) is 8.78 Å². The van der Waals surface area contributed by atoms with E-state index in [-0.39, 0.29) is 0 Å². The van der Waals surface area contributed by atoms with Gasteiger partial charge in [-0.1, -0.05) is 0 Å². The molecule has 1 amide bonds.